The van der Waals surface area contributed by atoms with E-state index in [9.17, 15) is 9.18 Å². The Hall–Kier alpha value is -2.82. The molecule has 1 unspecified atom stereocenters. The van der Waals surface area contributed by atoms with Crippen molar-refractivity contribution in [1.29, 1.82) is 0 Å². The fourth-order valence-electron chi connectivity index (χ4n) is 2.91. The summed E-state index contributed by atoms with van der Waals surface area (Å²) in [6, 6.07) is 15.8. The van der Waals surface area contributed by atoms with Gasteiger partial charge in [0.25, 0.3) is 0 Å². The second-order valence-corrected chi connectivity index (χ2v) is 5.97. The van der Waals surface area contributed by atoms with Gasteiger partial charge < -0.3 is 0 Å². The Balaban J connectivity index is 1.66. The molecule has 0 aliphatic rings. The first-order valence-electron chi connectivity index (χ1n) is 8.42. The van der Waals surface area contributed by atoms with Crippen molar-refractivity contribution in [3.63, 3.8) is 0 Å². The average Bonchev–Trinajstić information content (AvgIpc) is 3.17. The minimum Gasteiger partial charge on any atom is -0.292 e. The van der Waals surface area contributed by atoms with Gasteiger partial charge in [0.05, 0.1) is 5.56 Å². The molecule has 1 heterocycles. The Kier molecular flexibility index (Phi) is 5.67. The van der Waals surface area contributed by atoms with Gasteiger partial charge in [0.2, 0.25) is 0 Å². The predicted octanol–water partition coefficient (Wildman–Crippen LogP) is 4.25. The molecular formula is C20H20FN3O. The number of ketones is 1. The molecule has 0 spiro atoms. The lowest BCUT2D eigenvalue weighted by atomic mass is 9.97. The van der Waals surface area contributed by atoms with E-state index < -0.39 is 11.9 Å². The number of hydrogen-bond acceptors (Lipinski definition) is 3. The van der Waals surface area contributed by atoms with Crippen molar-refractivity contribution in [2.45, 2.75) is 31.7 Å². The molecule has 5 heteroatoms. The Labute approximate surface area is 146 Å². The van der Waals surface area contributed by atoms with Gasteiger partial charge in [0.15, 0.2) is 5.78 Å². The highest BCUT2D eigenvalue weighted by molar-refractivity contribution is 5.99. The molecule has 0 amide bonds. The molecule has 3 aromatic rings. The highest BCUT2D eigenvalue weighted by Crippen LogP contribution is 2.22. The molecule has 0 radical (unpaired) electrons. The van der Waals surface area contributed by atoms with Gasteiger partial charge in [-0.05, 0) is 37.0 Å². The quantitative estimate of drug-likeness (QED) is 0.456. The van der Waals surface area contributed by atoms with Crippen molar-refractivity contribution < 1.29 is 9.18 Å². The third-order valence-electron chi connectivity index (χ3n) is 4.23. The minimum absolute atomic E-state index is 0.103. The van der Waals surface area contributed by atoms with Crippen LogP contribution in [0.5, 0.6) is 0 Å². The minimum atomic E-state index is -0.532. The lowest BCUT2D eigenvalue weighted by Crippen LogP contribution is -2.21. The van der Waals surface area contributed by atoms with Crippen LogP contribution in [0.3, 0.4) is 0 Å². The SMILES string of the molecule is O=C(c1ccccc1F)C(CCCCc1ccccc1)n1cncn1. The Bertz CT molecular complexity index is 803. The molecule has 1 aromatic heterocycles. The summed E-state index contributed by atoms with van der Waals surface area (Å²) in [6.07, 6.45) is 6.27. The highest BCUT2D eigenvalue weighted by atomic mass is 19.1. The number of benzene rings is 2. The van der Waals surface area contributed by atoms with Crippen LogP contribution < -0.4 is 0 Å². The first kappa shape index (κ1) is 17.0. The Morgan fingerprint density at radius 3 is 2.52 bits per heavy atom. The molecule has 0 N–H and O–H groups in total. The number of halogens is 1. The summed E-state index contributed by atoms with van der Waals surface area (Å²) in [6.45, 7) is 0. The van der Waals surface area contributed by atoms with E-state index in [4.69, 9.17) is 0 Å². The second kappa shape index (κ2) is 8.33. The zero-order valence-corrected chi connectivity index (χ0v) is 13.9. The number of aryl methyl sites for hydroxylation is 1. The molecule has 4 nitrogen and oxygen atoms in total. The van der Waals surface area contributed by atoms with Gasteiger partial charge in [0.1, 0.15) is 24.5 Å². The van der Waals surface area contributed by atoms with Crippen LogP contribution in [0.2, 0.25) is 0 Å². The first-order chi connectivity index (χ1) is 12.3. The van der Waals surface area contributed by atoms with E-state index in [1.807, 2.05) is 18.2 Å². The smallest absolute Gasteiger partial charge is 0.190 e. The van der Waals surface area contributed by atoms with Gasteiger partial charge in [-0.1, -0.05) is 48.9 Å². The molecule has 1 atom stereocenters. The molecule has 128 valence electrons. The lowest BCUT2D eigenvalue weighted by molar-refractivity contribution is 0.0904. The molecule has 25 heavy (non-hydrogen) atoms. The van der Waals surface area contributed by atoms with Crippen molar-refractivity contribution >= 4 is 5.78 Å². The monoisotopic (exact) mass is 337 g/mol. The molecule has 0 fully saturated rings. The van der Waals surface area contributed by atoms with E-state index in [0.29, 0.717) is 6.42 Å². The van der Waals surface area contributed by atoms with Gasteiger partial charge in [-0.2, -0.15) is 5.10 Å². The third-order valence-corrected chi connectivity index (χ3v) is 4.23. The largest absolute Gasteiger partial charge is 0.292 e. The third kappa shape index (κ3) is 4.38. The molecule has 0 bridgehead atoms. The van der Waals surface area contributed by atoms with Crippen LogP contribution in [-0.4, -0.2) is 20.5 Å². The van der Waals surface area contributed by atoms with Crippen LogP contribution in [0.25, 0.3) is 0 Å². The molecule has 0 saturated heterocycles. The number of aromatic nitrogens is 3. The first-order valence-corrected chi connectivity index (χ1v) is 8.42. The fourth-order valence-corrected chi connectivity index (χ4v) is 2.91. The summed E-state index contributed by atoms with van der Waals surface area (Å²) in [7, 11) is 0. The van der Waals surface area contributed by atoms with Crippen LogP contribution in [0.15, 0.2) is 67.3 Å². The molecule has 2 aromatic carbocycles. The summed E-state index contributed by atoms with van der Waals surface area (Å²) < 4.78 is 15.5. The molecule has 0 saturated carbocycles. The van der Waals surface area contributed by atoms with Crippen molar-refractivity contribution in [1.82, 2.24) is 14.8 Å². The highest BCUT2D eigenvalue weighted by Gasteiger charge is 2.24. The standard InChI is InChI=1S/C20H20FN3O/c21-18-12-6-5-11-17(18)20(25)19(24-15-22-14-23-24)13-7-4-10-16-8-2-1-3-9-16/h1-3,5-6,8-9,11-12,14-15,19H,4,7,10,13H2. The maximum atomic E-state index is 14.0. The van der Waals surface area contributed by atoms with E-state index in [-0.39, 0.29) is 11.3 Å². The van der Waals surface area contributed by atoms with Crippen LogP contribution in [0.4, 0.5) is 4.39 Å². The normalized spacial score (nSPS) is 12.0. The van der Waals surface area contributed by atoms with Gasteiger partial charge >= 0.3 is 0 Å². The van der Waals surface area contributed by atoms with Gasteiger partial charge in [-0.15, -0.1) is 0 Å². The van der Waals surface area contributed by atoms with E-state index in [1.54, 1.807) is 12.1 Å². The number of hydrogen-bond donors (Lipinski definition) is 0. The molecule has 0 aliphatic heterocycles. The van der Waals surface area contributed by atoms with Crippen molar-refractivity contribution in [2.75, 3.05) is 0 Å². The molecule has 3 rings (SSSR count). The summed E-state index contributed by atoms with van der Waals surface area (Å²) in [5.41, 5.74) is 1.38. The maximum absolute atomic E-state index is 14.0. The van der Waals surface area contributed by atoms with Gasteiger partial charge in [-0.25, -0.2) is 14.1 Å². The van der Waals surface area contributed by atoms with E-state index >= 15 is 0 Å². The second-order valence-electron chi connectivity index (χ2n) is 5.97. The number of rotatable bonds is 8. The zero-order chi connectivity index (χ0) is 17.5. The molecule has 0 aliphatic carbocycles. The summed E-state index contributed by atoms with van der Waals surface area (Å²) in [4.78, 5) is 16.7. The summed E-state index contributed by atoms with van der Waals surface area (Å²) >= 11 is 0. The van der Waals surface area contributed by atoms with Crippen LogP contribution in [0.1, 0.15) is 41.2 Å². The summed E-state index contributed by atoms with van der Waals surface area (Å²) in [5.74, 6) is -0.759. The van der Waals surface area contributed by atoms with E-state index in [2.05, 4.69) is 22.2 Å². The summed E-state index contributed by atoms with van der Waals surface area (Å²) in [5, 5.41) is 4.09. The van der Waals surface area contributed by atoms with Crippen molar-refractivity contribution in [2.24, 2.45) is 0 Å². The van der Waals surface area contributed by atoms with E-state index in [1.165, 1.54) is 35.0 Å². The predicted molar refractivity (Wildman–Crippen MR) is 93.8 cm³/mol. The fraction of sp³-hybridized carbons (Fsp3) is 0.250. The van der Waals surface area contributed by atoms with Crippen molar-refractivity contribution in [3.05, 3.63) is 84.2 Å². The van der Waals surface area contributed by atoms with Crippen LogP contribution in [-0.2, 0) is 6.42 Å². The number of nitrogens with zero attached hydrogens (tertiary/aromatic N) is 3. The average molecular weight is 337 g/mol. The number of carbonyl (C=O) groups excluding carboxylic acids is 1. The van der Waals surface area contributed by atoms with Crippen molar-refractivity contribution in [3.8, 4) is 0 Å². The topological polar surface area (TPSA) is 47.8 Å². The maximum Gasteiger partial charge on any atom is 0.190 e. The Morgan fingerprint density at radius 1 is 1.04 bits per heavy atom. The number of Topliss-reactive ketones (excluding diaryl/α,β-unsaturated/α-hetero) is 1. The van der Waals surface area contributed by atoms with E-state index in [0.717, 1.165) is 19.3 Å². The zero-order valence-electron chi connectivity index (χ0n) is 13.9. The van der Waals surface area contributed by atoms with Crippen LogP contribution in [0, 0.1) is 5.82 Å². The number of carbonyl (C=O) groups is 1. The number of unbranched alkanes of at least 4 members (excludes halogenated alkanes) is 1. The van der Waals surface area contributed by atoms with Gasteiger partial charge in [0, 0.05) is 0 Å². The molecular weight excluding hydrogens is 317 g/mol. The Morgan fingerprint density at radius 2 is 1.80 bits per heavy atom. The lowest BCUT2D eigenvalue weighted by Gasteiger charge is -2.16. The van der Waals surface area contributed by atoms with Gasteiger partial charge in [-0.3, -0.25) is 4.79 Å². The van der Waals surface area contributed by atoms with Crippen LogP contribution >= 0.6 is 0 Å².